The Kier molecular flexibility index (Phi) is 4.93. The van der Waals surface area contributed by atoms with Crippen molar-refractivity contribution in [2.45, 2.75) is 33.6 Å². The van der Waals surface area contributed by atoms with E-state index in [2.05, 4.69) is 33.9 Å². The van der Waals surface area contributed by atoms with Crippen molar-refractivity contribution in [2.24, 2.45) is 11.8 Å². The van der Waals surface area contributed by atoms with E-state index < -0.39 is 0 Å². The maximum Gasteiger partial charge on any atom is -0.0145 e. The first-order chi connectivity index (χ1) is 5.17. The molecule has 0 nitrogen and oxygen atoms in total. The van der Waals surface area contributed by atoms with Gasteiger partial charge >= 0.3 is 0 Å². The Labute approximate surface area is 71.0 Å². The topological polar surface area (TPSA) is 0 Å². The van der Waals surface area contributed by atoms with E-state index in [1.54, 1.807) is 0 Å². The van der Waals surface area contributed by atoms with Crippen LogP contribution in [-0.4, -0.2) is 0 Å². The lowest BCUT2D eigenvalue weighted by molar-refractivity contribution is 0.394. The maximum absolute atomic E-state index is 4.00. The summed E-state index contributed by atoms with van der Waals surface area (Å²) in [4.78, 5) is 0. The van der Waals surface area contributed by atoms with Crippen LogP contribution in [0.2, 0.25) is 0 Å². The van der Waals surface area contributed by atoms with Crippen molar-refractivity contribution in [2.75, 3.05) is 0 Å². The van der Waals surface area contributed by atoms with E-state index in [0.717, 1.165) is 5.92 Å². The standard InChI is InChI=1S/C11H20/c1-6-9(4)11(8-3)10(5)7-2/h6,10-11H,1,4,7-8H2,2-3,5H3. The molecule has 0 rings (SSSR count). The van der Waals surface area contributed by atoms with Gasteiger partial charge < -0.3 is 0 Å². The molecule has 0 aromatic heterocycles. The Bertz CT molecular complexity index is 133. The Morgan fingerprint density at radius 2 is 1.91 bits per heavy atom. The van der Waals surface area contributed by atoms with Crippen LogP contribution in [0.3, 0.4) is 0 Å². The predicted molar refractivity (Wildman–Crippen MR) is 52.6 cm³/mol. The Hall–Kier alpha value is -0.520. The van der Waals surface area contributed by atoms with Crippen LogP contribution in [0.4, 0.5) is 0 Å². The van der Waals surface area contributed by atoms with Crippen LogP contribution in [0.15, 0.2) is 24.8 Å². The van der Waals surface area contributed by atoms with Gasteiger partial charge in [0.1, 0.15) is 0 Å². The summed E-state index contributed by atoms with van der Waals surface area (Å²) in [5, 5.41) is 0. The number of rotatable bonds is 5. The molecule has 0 aliphatic rings. The van der Waals surface area contributed by atoms with Crippen molar-refractivity contribution in [3.63, 3.8) is 0 Å². The molecular weight excluding hydrogens is 132 g/mol. The second-order valence-electron chi connectivity index (χ2n) is 3.18. The zero-order valence-electron chi connectivity index (χ0n) is 8.06. The minimum atomic E-state index is 0.637. The highest BCUT2D eigenvalue weighted by Gasteiger charge is 2.14. The zero-order chi connectivity index (χ0) is 8.85. The van der Waals surface area contributed by atoms with E-state index in [1.165, 1.54) is 18.4 Å². The average Bonchev–Trinajstić information content (AvgIpc) is 2.05. The maximum atomic E-state index is 4.00. The smallest absolute Gasteiger partial charge is 0.0145 e. The highest BCUT2D eigenvalue weighted by atomic mass is 14.2. The largest absolute Gasteiger partial charge is 0.0988 e. The minimum Gasteiger partial charge on any atom is -0.0988 e. The molecule has 0 radical (unpaired) electrons. The zero-order valence-corrected chi connectivity index (χ0v) is 8.06. The van der Waals surface area contributed by atoms with Crippen LogP contribution in [0.25, 0.3) is 0 Å². The Balaban J connectivity index is 4.14. The fourth-order valence-electron chi connectivity index (χ4n) is 1.47. The quantitative estimate of drug-likeness (QED) is 0.526. The molecule has 64 valence electrons. The third-order valence-electron chi connectivity index (χ3n) is 2.51. The van der Waals surface area contributed by atoms with Crippen LogP contribution < -0.4 is 0 Å². The van der Waals surface area contributed by atoms with Crippen molar-refractivity contribution in [3.8, 4) is 0 Å². The van der Waals surface area contributed by atoms with E-state index in [1.807, 2.05) is 6.08 Å². The molecule has 0 N–H and O–H groups in total. The third-order valence-corrected chi connectivity index (χ3v) is 2.51. The van der Waals surface area contributed by atoms with Gasteiger partial charge in [-0.05, 0) is 18.3 Å². The van der Waals surface area contributed by atoms with E-state index in [9.17, 15) is 0 Å². The summed E-state index contributed by atoms with van der Waals surface area (Å²) >= 11 is 0. The third kappa shape index (κ3) is 2.92. The van der Waals surface area contributed by atoms with E-state index >= 15 is 0 Å². The highest BCUT2D eigenvalue weighted by molar-refractivity contribution is 5.15. The van der Waals surface area contributed by atoms with Crippen LogP contribution in [0.5, 0.6) is 0 Å². The predicted octanol–water partition coefficient (Wildman–Crippen LogP) is 3.80. The normalized spacial score (nSPS) is 15.5. The van der Waals surface area contributed by atoms with Gasteiger partial charge in [0, 0.05) is 0 Å². The molecule has 0 heterocycles. The molecule has 0 fully saturated rings. The molecule has 0 aromatic rings. The first-order valence-corrected chi connectivity index (χ1v) is 4.48. The molecule has 0 aliphatic carbocycles. The van der Waals surface area contributed by atoms with Gasteiger partial charge in [0.25, 0.3) is 0 Å². The lowest BCUT2D eigenvalue weighted by Gasteiger charge is -2.21. The van der Waals surface area contributed by atoms with Gasteiger partial charge in [-0.2, -0.15) is 0 Å². The molecule has 0 saturated carbocycles. The summed E-state index contributed by atoms with van der Waals surface area (Å²) in [6.45, 7) is 14.5. The van der Waals surface area contributed by atoms with Gasteiger partial charge in [-0.3, -0.25) is 0 Å². The summed E-state index contributed by atoms with van der Waals surface area (Å²) in [7, 11) is 0. The number of hydrogen-bond donors (Lipinski definition) is 0. The second kappa shape index (κ2) is 5.17. The van der Waals surface area contributed by atoms with Gasteiger partial charge in [-0.15, -0.1) is 0 Å². The molecular formula is C11H20. The minimum absolute atomic E-state index is 0.637. The fraction of sp³-hybridized carbons (Fsp3) is 0.636. The molecule has 2 unspecified atom stereocenters. The van der Waals surface area contributed by atoms with E-state index in [4.69, 9.17) is 0 Å². The summed E-state index contributed by atoms with van der Waals surface area (Å²) in [6, 6.07) is 0. The Morgan fingerprint density at radius 1 is 1.36 bits per heavy atom. The molecule has 0 amide bonds. The molecule has 0 bridgehead atoms. The van der Waals surface area contributed by atoms with Crippen LogP contribution in [-0.2, 0) is 0 Å². The molecule has 2 atom stereocenters. The van der Waals surface area contributed by atoms with Crippen LogP contribution >= 0.6 is 0 Å². The molecule has 0 aromatic carbocycles. The SMILES string of the molecule is C=CC(=C)C(CC)C(C)CC. The Morgan fingerprint density at radius 3 is 2.18 bits per heavy atom. The second-order valence-corrected chi connectivity index (χ2v) is 3.18. The molecule has 0 aliphatic heterocycles. The first-order valence-electron chi connectivity index (χ1n) is 4.48. The number of allylic oxidation sites excluding steroid dienone is 2. The highest BCUT2D eigenvalue weighted by Crippen LogP contribution is 2.25. The fourth-order valence-corrected chi connectivity index (χ4v) is 1.47. The van der Waals surface area contributed by atoms with Crippen molar-refractivity contribution in [3.05, 3.63) is 24.8 Å². The summed E-state index contributed by atoms with van der Waals surface area (Å²) < 4.78 is 0. The lowest BCUT2D eigenvalue weighted by Crippen LogP contribution is -2.10. The van der Waals surface area contributed by atoms with Gasteiger partial charge in [0.05, 0.1) is 0 Å². The van der Waals surface area contributed by atoms with E-state index in [0.29, 0.717) is 5.92 Å². The van der Waals surface area contributed by atoms with Gasteiger partial charge in [0.2, 0.25) is 0 Å². The van der Waals surface area contributed by atoms with Crippen molar-refractivity contribution in [1.82, 2.24) is 0 Å². The van der Waals surface area contributed by atoms with Crippen LogP contribution in [0, 0.1) is 11.8 Å². The average molecular weight is 152 g/mol. The molecule has 0 heteroatoms. The van der Waals surface area contributed by atoms with Crippen molar-refractivity contribution < 1.29 is 0 Å². The number of hydrogen-bond acceptors (Lipinski definition) is 0. The van der Waals surface area contributed by atoms with Gasteiger partial charge in [-0.1, -0.05) is 52.0 Å². The van der Waals surface area contributed by atoms with Gasteiger partial charge in [-0.25, -0.2) is 0 Å². The van der Waals surface area contributed by atoms with Crippen LogP contribution in [0.1, 0.15) is 33.6 Å². The molecule has 0 spiro atoms. The summed E-state index contributed by atoms with van der Waals surface area (Å²) in [6.07, 6.45) is 4.30. The first kappa shape index (κ1) is 10.5. The molecule has 0 saturated heterocycles. The monoisotopic (exact) mass is 152 g/mol. The summed E-state index contributed by atoms with van der Waals surface area (Å²) in [5.41, 5.74) is 1.20. The summed E-state index contributed by atoms with van der Waals surface area (Å²) in [5.74, 6) is 1.38. The van der Waals surface area contributed by atoms with Crippen molar-refractivity contribution >= 4 is 0 Å². The van der Waals surface area contributed by atoms with Crippen molar-refractivity contribution in [1.29, 1.82) is 0 Å². The lowest BCUT2D eigenvalue weighted by atomic mass is 9.84. The van der Waals surface area contributed by atoms with E-state index in [-0.39, 0.29) is 0 Å². The van der Waals surface area contributed by atoms with Gasteiger partial charge in [0.15, 0.2) is 0 Å². The molecule has 11 heavy (non-hydrogen) atoms.